The normalized spacial score (nSPS) is 17.3. The van der Waals surface area contributed by atoms with Crippen molar-refractivity contribution in [3.63, 3.8) is 0 Å². The molecular weight excluding hydrogens is 332 g/mol. The fraction of sp³-hybridized carbons (Fsp3) is 0.333. The van der Waals surface area contributed by atoms with Gasteiger partial charge >= 0.3 is 0 Å². The lowest BCUT2D eigenvalue weighted by molar-refractivity contribution is -0.126. The SMILES string of the molecule is Nc1n[nH]c(CCNC(=O)[C@H]2CC(=O)N(c3cccc(Cl)c3)C2)n1. The van der Waals surface area contributed by atoms with E-state index in [2.05, 4.69) is 20.5 Å². The average Bonchev–Trinajstić information content (AvgIpc) is 3.13. The number of aromatic nitrogens is 3. The van der Waals surface area contributed by atoms with Crippen LogP contribution >= 0.6 is 11.6 Å². The summed E-state index contributed by atoms with van der Waals surface area (Å²) in [6.07, 6.45) is 0.683. The maximum Gasteiger partial charge on any atom is 0.239 e. The lowest BCUT2D eigenvalue weighted by atomic mass is 10.1. The Hall–Kier alpha value is -2.61. The van der Waals surface area contributed by atoms with E-state index in [-0.39, 0.29) is 30.1 Å². The minimum atomic E-state index is -0.378. The first-order valence-corrected chi connectivity index (χ1v) is 7.91. The molecule has 2 heterocycles. The fourth-order valence-corrected chi connectivity index (χ4v) is 2.83. The number of carbonyl (C=O) groups is 2. The van der Waals surface area contributed by atoms with Crippen LogP contribution in [-0.2, 0) is 16.0 Å². The summed E-state index contributed by atoms with van der Waals surface area (Å²) >= 11 is 5.96. The minimum absolute atomic E-state index is 0.0829. The summed E-state index contributed by atoms with van der Waals surface area (Å²) in [6.45, 7) is 0.746. The predicted octanol–water partition coefficient (Wildman–Crippen LogP) is 0.752. The van der Waals surface area contributed by atoms with E-state index in [4.69, 9.17) is 17.3 Å². The molecule has 1 fully saturated rings. The van der Waals surface area contributed by atoms with Gasteiger partial charge in [-0.1, -0.05) is 17.7 Å². The van der Waals surface area contributed by atoms with Gasteiger partial charge in [-0.25, -0.2) is 0 Å². The van der Waals surface area contributed by atoms with Crippen LogP contribution in [0.2, 0.25) is 5.02 Å². The van der Waals surface area contributed by atoms with Crippen molar-refractivity contribution in [3.8, 4) is 0 Å². The molecule has 1 aliphatic rings. The van der Waals surface area contributed by atoms with Crippen LogP contribution < -0.4 is 16.0 Å². The number of hydrogen-bond donors (Lipinski definition) is 3. The van der Waals surface area contributed by atoms with Crippen LogP contribution in [0.3, 0.4) is 0 Å². The molecule has 0 saturated carbocycles. The monoisotopic (exact) mass is 348 g/mol. The molecule has 3 rings (SSSR count). The van der Waals surface area contributed by atoms with Crippen LogP contribution in [0.4, 0.5) is 11.6 Å². The number of rotatable bonds is 5. The van der Waals surface area contributed by atoms with E-state index in [1.54, 1.807) is 29.2 Å². The van der Waals surface area contributed by atoms with Crippen LogP contribution in [-0.4, -0.2) is 40.1 Å². The van der Waals surface area contributed by atoms with Crippen molar-refractivity contribution >= 4 is 35.1 Å². The second kappa shape index (κ2) is 6.88. The molecule has 0 spiro atoms. The Balaban J connectivity index is 1.54. The van der Waals surface area contributed by atoms with E-state index < -0.39 is 0 Å². The summed E-state index contributed by atoms with van der Waals surface area (Å²) in [6, 6.07) is 7.04. The number of nitrogens with zero attached hydrogens (tertiary/aromatic N) is 3. The zero-order chi connectivity index (χ0) is 17.1. The van der Waals surface area contributed by atoms with Gasteiger partial charge in [-0.2, -0.15) is 4.98 Å². The largest absolute Gasteiger partial charge is 0.367 e. The van der Waals surface area contributed by atoms with E-state index in [0.29, 0.717) is 36.0 Å². The first-order valence-electron chi connectivity index (χ1n) is 7.53. The van der Waals surface area contributed by atoms with Gasteiger partial charge in [-0.05, 0) is 18.2 Å². The molecule has 0 radical (unpaired) electrons. The summed E-state index contributed by atoms with van der Waals surface area (Å²) in [7, 11) is 0. The van der Waals surface area contributed by atoms with E-state index in [1.165, 1.54) is 0 Å². The van der Waals surface area contributed by atoms with Crippen LogP contribution in [0.25, 0.3) is 0 Å². The second-order valence-electron chi connectivity index (χ2n) is 5.57. The van der Waals surface area contributed by atoms with Crippen molar-refractivity contribution in [1.82, 2.24) is 20.5 Å². The zero-order valence-corrected chi connectivity index (χ0v) is 13.6. The molecule has 1 aliphatic heterocycles. The molecule has 126 valence electrons. The number of amides is 2. The maximum absolute atomic E-state index is 12.2. The number of H-pyrrole nitrogens is 1. The Morgan fingerprint density at radius 2 is 2.33 bits per heavy atom. The summed E-state index contributed by atoms with van der Waals surface area (Å²) in [5.41, 5.74) is 6.12. The Bertz CT molecular complexity index is 762. The van der Waals surface area contributed by atoms with Crippen LogP contribution in [0, 0.1) is 5.92 Å². The van der Waals surface area contributed by atoms with Gasteiger partial charge in [0.05, 0.1) is 5.92 Å². The lowest BCUT2D eigenvalue weighted by Gasteiger charge is -2.16. The van der Waals surface area contributed by atoms with Gasteiger partial charge in [-0.15, -0.1) is 5.10 Å². The number of nitrogens with one attached hydrogen (secondary N) is 2. The van der Waals surface area contributed by atoms with Gasteiger partial charge in [-0.3, -0.25) is 14.7 Å². The van der Waals surface area contributed by atoms with Gasteiger partial charge < -0.3 is 16.0 Å². The van der Waals surface area contributed by atoms with Gasteiger partial charge in [0.15, 0.2) is 0 Å². The number of halogens is 1. The van der Waals surface area contributed by atoms with Crippen molar-refractivity contribution in [1.29, 1.82) is 0 Å². The minimum Gasteiger partial charge on any atom is -0.367 e. The molecule has 2 amide bonds. The Kier molecular flexibility index (Phi) is 4.66. The summed E-state index contributed by atoms with van der Waals surface area (Å²) in [4.78, 5) is 30.0. The third kappa shape index (κ3) is 3.65. The molecule has 4 N–H and O–H groups in total. The summed E-state index contributed by atoms with van der Waals surface area (Å²) < 4.78 is 0. The molecule has 2 aromatic rings. The highest BCUT2D eigenvalue weighted by atomic mass is 35.5. The number of carbonyl (C=O) groups excluding carboxylic acids is 2. The van der Waals surface area contributed by atoms with Gasteiger partial charge in [0.25, 0.3) is 0 Å². The molecule has 0 aliphatic carbocycles. The Morgan fingerprint density at radius 1 is 1.50 bits per heavy atom. The van der Waals surface area contributed by atoms with Crippen molar-refractivity contribution in [3.05, 3.63) is 35.1 Å². The molecule has 24 heavy (non-hydrogen) atoms. The summed E-state index contributed by atoms with van der Waals surface area (Å²) in [5, 5.41) is 9.77. The number of aromatic amines is 1. The molecule has 8 nitrogen and oxygen atoms in total. The highest BCUT2D eigenvalue weighted by Crippen LogP contribution is 2.27. The highest BCUT2D eigenvalue weighted by Gasteiger charge is 2.35. The van der Waals surface area contributed by atoms with Crippen molar-refractivity contribution in [2.75, 3.05) is 23.7 Å². The molecular formula is C15H17ClN6O2. The van der Waals surface area contributed by atoms with Gasteiger partial charge in [0, 0.05) is 36.6 Å². The zero-order valence-electron chi connectivity index (χ0n) is 12.8. The Morgan fingerprint density at radius 3 is 3.04 bits per heavy atom. The molecule has 1 aromatic carbocycles. The number of nitrogen functional groups attached to an aromatic ring is 1. The van der Waals surface area contributed by atoms with E-state index in [1.807, 2.05) is 0 Å². The lowest BCUT2D eigenvalue weighted by Crippen LogP contribution is -2.34. The number of benzene rings is 1. The highest BCUT2D eigenvalue weighted by molar-refractivity contribution is 6.30. The van der Waals surface area contributed by atoms with Gasteiger partial charge in [0.1, 0.15) is 5.82 Å². The van der Waals surface area contributed by atoms with Crippen LogP contribution in [0.1, 0.15) is 12.2 Å². The van der Waals surface area contributed by atoms with E-state index in [0.717, 1.165) is 0 Å². The number of nitrogens with two attached hydrogens (primary N) is 1. The number of anilines is 2. The third-order valence-corrected chi connectivity index (χ3v) is 4.06. The first kappa shape index (κ1) is 16.3. The molecule has 0 unspecified atom stereocenters. The molecule has 0 bridgehead atoms. The molecule has 9 heteroatoms. The van der Waals surface area contributed by atoms with Crippen molar-refractivity contribution < 1.29 is 9.59 Å². The standard InChI is InChI=1S/C15H17ClN6O2/c16-10-2-1-3-11(7-10)22-8-9(6-13(22)23)14(24)18-5-4-12-19-15(17)21-20-12/h1-3,7,9H,4-6,8H2,(H,18,24)(H3,17,19,20,21)/t9-/m0/s1. The van der Waals surface area contributed by atoms with Crippen molar-refractivity contribution in [2.45, 2.75) is 12.8 Å². The molecule has 1 saturated heterocycles. The topological polar surface area (TPSA) is 117 Å². The fourth-order valence-electron chi connectivity index (χ4n) is 2.65. The Labute approximate surface area is 143 Å². The number of hydrogen-bond acceptors (Lipinski definition) is 5. The quantitative estimate of drug-likeness (QED) is 0.737. The van der Waals surface area contributed by atoms with Crippen molar-refractivity contribution in [2.24, 2.45) is 5.92 Å². The molecule has 1 aromatic heterocycles. The summed E-state index contributed by atoms with van der Waals surface area (Å²) in [5.74, 6) is 0.169. The van der Waals surface area contributed by atoms with Crippen LogP contribution in [0.5, 0.6) is 0 Å². The van der Waals surface area contributed by atoms with E-state index in [9.17, 15) is 9.59 Å². The maximum atomic E-state index is 12.2. The smallest absolute Gasteiger partial charge is 0.239 e. The second-order valence-corrected chi connectivity index (χ2v) is 6.00. The van der Waals surface area contributed by atoms with Gasteiger partial charge in [0.2, 0.25) is 17.8 Å². The third-order valence-electron chi connectivity index (χ3n) is 3.83. The van der Waals surface area contributed by atoms with Crippen LogP contribution in [0.15, 0.2) is 24.3 Å². The molecule has 1 atom stereocenters. The average molecular weight is 349 g/mol. The first-order chi connectivity index (χ1) is 11.5. The predicted molar refractivity (Wildman–Crippen MR) is 89.4 cm³/mol. The van der Waals surface area contributed by atoms with E-state index >= 15 is 0 Å².